The van der Waals surface area contributed by atoms with Crippen LogP contribution in [0.15, 0.2) is 0 Å². The Morgan fingerprint density at radius 3 is 2.53 bits per heavy atom. The molecule has 1 fully saturated rings. The predicted octanol–water partition coefficient (Wildman–Crippen LogP) is 4.39. The number of unbranched alkanes of at least 4 members (excludes halogenated alkanes) is 1. The summed E-state index contributed by atoms with van der Waals surface area (Å²) in [7, 11) is 0. The average Bonchev–Trinajstić information content (AvgIpc) is 2.84. The van der Waals surface area contributed by atoms with Gasteiger partial charge in [-0.1, -0.05) is 46.5 Å². The molecule has 0 aromatic heterocycles. The number of hydrogen-bond acceptors (Lipinski definition) is 2. The Hall–Kier alpha value is -0.0800. The van der Waals surface area contributed by atoms with Crippen molar-refractivity contribution in [3.05, 3.63) is 0 Å². The van der Waals surface area contributed by atoms with Crippen LogP contribution in [0.2, 0.25) is 0 Å². The largest absolute Gasteiger partial charge is 0.378 e. The highest BCUT2D eigenvalue weighted by Crippen LogP contribution is 2.28. The van der Waals surface area contributed by atoms with Crippen molar-refractivity contribution in [3.63, 3.8) is 0 Å². The maximum atomic E-state index is 5.78. The van der Waals surface area contributed by atoms with E-state index in [4.69, 9.17) is 4.74 Å². The van der Waals surface area contributed by atoms with Crippen LogP contribution in [0.3, 0.4) is 0 Å². The van der Waals surface area contributed by atoms with Crippen LogP contribution < -0.4 is 5.32 Å². The van der Waals surface area contributed by atoms with Crippen LogP contribution in [0.25, 0.3) is 0 Å². The molecule has 1 heterocycles. The highest BCUT2D eigenvalue weighted by atomic mass is 16.5. The minimum absolute atomic E-state index is 0.464. The Morgan fingerprint density at radius 2 is 2.00 bits per heavy atom. The van der Waals surface area contributed by atoms with E-state index >= 15 is 0 Å². The standard InChI is InChI=1S/C17H35NO/c1-5-8-9-15(7-3)12-17(18-10-6-2)16-11-14(4)19-13-16/h14-18H,5-13H2,1-4H3. The highest BCUT2D eigenvalue weighted by molar-refractivity contribution is 4.84. The molecule has 0 spiro atoms. The summed E-state index contributed by atoms with van der Waals surface area (Å²) in [6, 6.07) is 0.673. The van der Waals surface area contributed by atoms with Crippen LogP contribution >= 0.6 is 0 Å². The second-order valence-corrected chi connectivity index (χ2v) is 6.35. The molecule has 0 amide bonds. The Morgan fingerprint density at radius 1 is 1.21 bits per heavy atom. The van der Waals surface area contributed by atoms with Gasteiger partial charge in [0.2, 0.25) is 0 Å². The first-order valence-corrected chi connectivity index (χ1v) is 8.56. The van der Waals surface area contributed by atoms with Gasteiger partial charge in [0, 0.05) is 12.0 Å². The van der Waals surface area contributed by atoms with Crippen molar-refractivity contribution in [2.24, 2.45) is 11.8 Å². The Bertz CT molecular complexity index is 219. The summed E-state index contributed by atoms with van der Waals surface area (Å²) in [5, 5.41) is 3.79. The molecule has 0 aromatic rings. The van der Waals surface area contributed by atoms with Crippen molar-refractivity contribution in [2.75, 3.05) is 13.2 Å². The molecule has 0 aromatic carbocycles. The Balaban J connectivity index is 2.47. The third kappa shape index (κ3) is 6.27. The van der Waals surface area contributed by atoms with E-state index in [2.05, 4.69) is 33.0 Å². The fourth-order valence-corrected chi connectivity index (χ4v) is 3.24. The van der Waals surface area contributed by atoms with Crippen molar-refractivity contribution >= 4 is 0 Å². The summed E-state index contributed by atoms with van der Waals surface area (Å²) < 4.78 is 5.78. The van der Waals surface area contributed by atoms with Gasteiger partial charge in [0.15, 0.2) is 0 Å². The highest BCUT2D eigenvalue weighted by Gasteiger charge is 2.30. The minimum Gasteiger partial charge on any atom is -0.378 e. The monoisotopic (exact) mass is 269 g/mol. The maximum Gasteiger partial charge on any atom is 0.0551 e. The van der Waals surface area contributed by atoms with Gasteiger partial charge in [0.1, 0.15) is 0 Å². The molecule has 0 bridgehead atoms. The topological polar surface area (TPSA) is 21.3 Å². The molecule has 4 atom stereocenters. The molecule has 1 N–H and O–H groups in total. The first-order valence-electron chi connectivity index (χ1n) is 8.56. The van der Waals surface area contributed by atoms with E-state index in [1.54, 1.807) is 0 Å². The average molecular weight is 269 g/mol. The SMILES string of the molecule is CCCCC(CC)CC(NCCC)C1COC(C)C1. The molecule has 4 unspecified atom stereocenters. The third-order valence-electron chi connectivity index (χ3n) is 4.59. The molecule has 1 aliphatic rings. The van der Waals surface area contributed by atoms with Crippen LogP contribution in [0.4, 0.5) is 0 Å². The van der Waals surface area contributed by atoms with Crippen molar-refractivity contribution in [3.8, 4) is 0 Å². The van der Waals surface area contributed by atoms with Crippen LogP contribution in [-0.2, 0) is 4.74 Å². The van der Waals surface area contributed by atoms with Crippen LogP contribution in [-0.4, -0.2) is 25.3 Å². The smallest absolute Gasteiger partial charge is 0.0551 e. The van der Waals surface area contributed by atoms with Crippen molar-refractivity contribution in [2.45, 2.75) is 84.8 Å². The summed E-state index contributed by atoms with van der Waals surface area (Å²) >= 11 is 0. The number of rotatable bonds is 10. The zero-order valence-electron chi connectivity index (χ0n) is 13.6. The van der Waals surface area contributed by atoms with Gasteiger partial charge in [-0.2, -0.15) is 0 Å². The lowest BCUT2D eigenvalue weighted by Gasteiger charge is -2.28. The van der Waals surface area contributed by atoms with Gasteiger partial charge >= 0.3 is 0 Å². The van der Waals surface area contributed by atoms with Gasteiger partial charge in [-0.25, -0.2) is 0 Å². The number of ether oxygens (including phenoxy) is 1. The molecule has 0 saturated carbocycles. The summed E-state index contributed by atoms with van der Waals surface area (Å²) in [6.07, 6.45) is 9.72. The molecule has 114 valence electrons. The van der Waals surface area contributed by atoms with E-state index in [1.165, 1.54) is 44.9 Å². The molecular formula is C17H35NO. The van der Waals surface area contributed by atoms with Crippen LogP contribution in [0.5, 0.6) is 0 Å². The first kappa shape index (κ1) is 17.0. The van der Waals surface area contributed by atoms with E-state index in [0.29, 0.717) is 12.1 Å². The van der Waals surface area contributed by atoms with E-state index in [1.807, 2.05) is 0 Å². The quantitative estimate of drug-likeness (QED) is 0.635. The fraction of sp³-hybridized carbons (Fsp3) is 1.00. The predicted molar refractivity (Wildman–Crippen MR) is 83.5 cm³/mol. The van der Waals surface area contributed by atoms with Gasteiger partial charge in [-0.05, 0) is 38.6 Å². The summed E-state index contributed by atoms with van der Waals surface area (Å²) in [4.78, 5) is 0. The molecule has 2 heteroatoms. The normalized spacial score (nSPS) is 26.5. The molecule has 1 rings (SSSR count). The lowest BCUT2D eigenvalue weighted by molar-refractivity contribution is 0.115. The summed E-state index contributed by atoms with van der Waals surface area (Å²) in [5.41, 5.74) is 0. The second-order valence-electron chi connectivity index (χ2n) is 6.35. The molecule has 19 heavy (non-hydrogen) atoms. The van der Waals surface area contributed by atoms with E-state index in [0.717, 1.165) is 25.0 Å². The molecule has 0 radical (unpaired) electrons. The van der Waals surface area contributed by atoms with Gasteiger partial charge < -0.3 is 10.1 Å². The molecule has 1 aliphatic heterocycles. The lowest BCUT2D eigenvalue weighted by atomic mass is 9.85. The van der Waals surface area contributed by atoms with Crippen LogP contribution in [0, 0.1) is 11.8 Å². The van der Waals surface area contributed by atoms with Gasteiger partial charge in [0.05, 0.1) is 12.7 Å². The zero-order chi connectivity index (χ0) is 14.1. The molecular weight excluding hydrogens is 234 g/mol. The minimum atomic E-state index is 0.464. The van der Waals surface area contributed by atoms with Gasteiger partial charge in [0.25, 0.3) is 0 Å². The van der Waals surface area contributed by atoms with E-state index in [-0.39, 0.29) is 0 Å². The zero-order valence-corrected chi connectivity index (χ0v) is 13.6. The number of hydrogen-bond donors (Lipinski definition) is 1. The van der Waals surface area contributed by atoms with Crippen molar-refractivity contribution < 1.29 is 4.74 Å². The third-order valence-corrected chi connectivity index (χ3v) is 4.59. The molecule has 1 saturated heterocycles. The van der Waals surface area contributed by atoms with E-state index < -0.39 is 0 Å². The Labute approximate surface area is 120 Å². The van der Waals surface area contributed by atoms with Gasteiger partial charge in [-0.15, -0.1) is 0 Å². The fourth-order valence-electron chi connectivity index (χ4n) is 3.24. The van der Waals surface area contributed by atoms with E-state index in [9.17, 15) is 0 Å². The van der Waals surface area contributed by atoms with Crippen molar-refractivity contribution in [1.82, 2.24) is 5.32 Å². The van der Waals surface area contributed by atoms with Crippen LogP contribution in [0.1, 0.15) is 72.6 Å². The number of nitrogens with one attached hydrogen (secondary N) is 1. The Kier molecular flexibility index (Phi) is 8.72. The summed E-state index contributed by atoms with van der Waals surface area (Å²) in [5.74, 6) is 1.63. The second kappa shape index (κ2) is 9.77. The van der Waals surface area contributed by atoms with Gasteiger partial charge in [-0.3, -0.25) is 0 Å². The summed E-state index contributed by atoms with van der Waals surface area (Å²) in [6.45, 7) is 11.2. The first-order chi connectivity index (χ1) is 9.21. The molecule has 2 nitrogen and oxygen atoms in total. The maximum absolute atomic E-state index is 5.78. The lowest BCUT2D eigenvalue weighted by Crippen LogP contribution is -2.38. The molecule has 0 aliphatic carbocycles. The van der Waals surface area contributed by atoms with Crippen molar-refractivity contribution in [1.29, 1.82) is 0 Å².